The van der Waals surface area contributed by atoms with E-state index in [1.54, 1.807) is 18.3 Å². The first-order chi connectivity index (χ1) is 20.7. The molecule has 0 saturated carbocycles. The van der Waals surface area contributed by atoms with E-state index in [0.29, 0.717) is 11.1 Å². The molecule has 2 aromatic rings. The predicted octanol–water partition coefficient (Wildman–Crippen LogP) is 0.896. The van der Waals surface area contributed by atoms with Crippen LogP contribution in [0.1, 0.15) is 76.2 Å². The Morgan fingerprint density at radius 2 is 1.72 bits per heavy atom. The molecule has 43 heavy (non-hydrogen) atoms. The van der Waals surface area contributed by atoms with Crippen LogP contribution in [0.3, 0.4) is 0 Å². The van der Waals surface area contributed by atoms with Crippen molar-refractivity contribution in [3.05, 3.63) is 47.3 Å². The van der Waals surface area contributed by atoms with Crippen LogP contribution >= 0.6 is 0 Å². The maximum Gasteiger partial charge on any atom is 0.271 e. The number of nitrogens with zero attached hydrogens (tertiary/aromatic N) is 6. The van der Waals surface area contributed by atoms with E-state index >= 15 is 0 Å². The topological polar surface area (TPSA) is 162 Å². The Balaban J connectivity index is 1.00. The summed E-state index contributed by atoms with van der Waals surface area (Å²) in [4.78, 5) is 70.3. The van der Waals surface area contributed by atoms with Crippen molar-refractivity contribution in [1.29, 1.82) is 0 Å². The van der Waals surface area contributed by atoms with Crippen LogP contribution in [0.5, 0.6) is 0 Å². The van der Waals surface area contributed by atoms with E-state index in [1.807, 2.05) is 12.1 Å². The molecule has 0 radical (unpaired) electrons. The lowest BCUT2D eigenvalue weighted by atomic mass is 9.71. The Hall–Kier alpha value is -4.39. The zero-order chi connectivity index (χ0) is 29.9. The van der Waals surface area contributed by atoms with Gasteiger partial charge in [0.25, 0.3) is 17.7 Å². The fraction of sp³-hybridized carbons (Fsp3) is 0.500. The molecule has 13 heteroatoms. The standard InChI is InChI=1S/C30H34N8O5/c31-26(40)25-21(8-11-32-34-25)37-12-2-1-3-24(37)35-13-9-30(10-14-35)16-36(17-30)18-4-5-19-20(15-18)29(43)38(28(19)42)22-6-7-23(39)33-27(22)41/h4-5,8,11,15,22,24H,1-3,6-7,9-10,12-14,16-17H2,(H2,31,40)(H,33,39,41). The highest BCUT2D eigenvalue weighted by atomic mass is 16.2. The normalized spacial score (nSPS) is 25.5. The Morgan fingerprint density at radius 1 is 0.953 bits per heavy atom. The Labute approximate surface area is 248 Å². The first kappa shape index (κ1) is 27.4. The van der Waals surface area contributed by atoms with Crippen LogP contribution in [0.15, 0.2) is 30.5 Å². The molecule has 0 aliphatic carbocycles. The number of hydrogen-bond donors (Lipinski definition) is 2. The Kier molecular flexibility index (Phi) is 6.64. The lowest BCUT2D eigenvalue weighted by Gasteiger charge is -2.57. The SMILES string of the molecule is NC(=O)c1nnccc1N1CCCCC1N1CCC2(CC1)CN(c1ccc3c(c1)C(=O)N(C1CCC(=O)NC1=O)C3=O)C2. The van der Waals surface area contributed by atoms with Crippen LogP contribution in [-0.2, 0) is 9.59 Å². The highest BCUT2D eigenvalue weighted by molar-refractivity contribution is 6.23. The zero-order valence-corrected chi connectivity index (χ0v) is 23.8. The molecule has 224 valence electrons. The second-order valence-corrected chi connectivity index (χ2v) is 12.4. The molecule has 0 bridgehead atoms. The van der Waals surface area contributed by atoms with Crippen molar-refractivity contribution >= 4 is 40.9 Å². The number of carbonyl (C=O) groups excluding carboxylic acids is 5. The quantitative estimate of drug-likeness (QED) is 0.482. The van der Waals surface area contributed by atoms with Gasteiger partial charge in [0.2, 0.25) is 11.8 Å². The molecular weight excluding hydrogens is 552 g/mol. The number of piperidine rings is 3. The Morgan fingerprint density at radius 3 is 2.47 bits per heavy atom. The van der Waals surface area contributed by atoms with Gasteiger partial charge in [-0.1, -0.05) is 0 Å². The van der Waals surface area contributed by atoms with E-state index in [-0.39, 0.29) is 30.1 Å². The largest absolute Gasteiger partial charge is 0.370 e. The van der Waals surface area contributed by atoms with E-state index in [9.17, 15) is 24.0 Å². The number of nitrogens with one attached hydrogen (secondary N) is 1. The van der Waals surface area contributed by atoms with Crippen LogP contribution in [0, 0.1) is 5.41 Å². The summed E-state index contributed by atoms with van der Waals surface area (Å²) in [6.45, 7) is 4.46. The third kappa shape index (κ3) is 4.62. The summed E-state index contributed by atoms with van der Waals surface area (Å²) in [6.07, 6.45) is 7.28. The van der Waals surface area contributed by atoms with Gasteiger partial charge < -0.3 is 15.5 Å². The van der Waals surface area contributed by atoms with Gasteiger partial charge in [-0.15, -0.1) is 5.10 Å². The van der Waals surface area contributed by atoms with Crippen LogP contribution in [0.4, 0.5) is 11.4 Å². The smallest absolute Gasteiger partial charge is 0.271 e. The predicted molar refractivity (Wildman–Crippen MR) is 154 cm³/mol. The van der Waals surface area contributed by atoms with Crippen LogP contribution in [0.25, 0.3) is 0 Å². The number of imide groups is 2. The average molecular weight is 587 g/mol. The molecule has 2 atom stereocenters. The first-order valence-electron chi connectivity index (χ1n) is 15.0. The van der Waals surface area contributed by atoms with Crippen LogP contribution in [0.2, 0.25) is 0 Å². The van der Waals surface area contributed by atoms with Gasteiger partial charge in [0.05, 0.1) is 29.2 Å². The summed E-state index contributed by atoms with van der Waals surface area (Å²) in [7, 11) is 0. The number of aromatic nitrogens is 2. The number of likely N-dealkylation sites (tertiary alicyclic amines) is 1. The van der Waals surface area contributed by atoms with E-state index in [2.05, 4.69) is 30.2 Å². The number of benzene rings is 1. The minimum Gasteiger partial charge on any atom is -0.370 e. The summed E-state index contributed by atoms with van der Waals surface area (Å²) < 4.78 is 0. The summed E-state index contributed by atoms with van der Waals surface area (Å²) in [5, 5.41) is 10.1. The molecule has 5 aliphatic heterocycles. The molecule has 5 amide bonds. The van der Waals surface area contributed by atoms with Gasteiger partial charge >= 0.3 is 0 Å². The van der Waals surface area contributed by atoms with Crippen LogP contribution in [-0.4, -0.2) is 94.5 Å². The minimum atomic E-state index is -0.969. The van der Waals surface area contributed by atoms with Crippen molar-refractivity contribution in [2.75, 3.05) is 42.5 Å². The number of fused-ring (bicyclic) bond motifs is 1. The summed E-state index contributed by atoms with van der Waals surface area (Å²) in [6, 6.07) is 6.18. The lowest BCUT2D eigenvalue weighted by Crippen LogP contribution is -2.63. The van der Waals surface area contributed by atoms with Crippen molar-refractivity contribution in [2.45, 2.75) is 57.2 Å². The molecule has 2 unspecified atom stereocenters. The number of primary amides is 1. The van der Waals surface area contributed by atoms with E-state index < -0.39 is 35.6 Å². The number of carbonyl (C=O) groups is 5. The maximum absolute atomic E-state index is 13.3. The van der Waals surface area contributed by atoms with Crippen molar-refractivity contribution in [1.82, 2.24) is 25.3 Å². The second kappa shape index (κ2) is 10.4. The molecule has 6 heterocycles. The highest BCUT2D eigenvalue weighted by Gasteiger charge is 2.48. The van der Waals surface area contributed by atoms with Gasteiger partial charge in [-0.25, -0.2) is 0 Å². The van der Waals surface area contributed by atoms with Crippen LogP contribution < -0.4 is 20.9 Å². The minimum absolute atomic E-state index is 0.0937. The molecule has 7 rings (SSSR count). The van der Waals surface area contributed by atoms with Crippen molar-refractivity contribution < 1.29 is 24.0 Å². The number of hydrogen-bond acceptors (Lipinski definition) is 10. The number of rotatable bonds is 5. The third-order valence-electron chi connectivity index (χ3n) is 9.83. The second-order valence-electron chi connectivity index (χ2n) is 12.4. The summed E-state index contributed by atoms with van der Waals surface area (Å²) in [5.74, 6) is -2.54. The fourth-order valence-electron chi connectivity index (χ4n) is 7.52. The maximum atomic E-state index is 13.3. The average Bonchev–Trinajstić information content (AvgIpc) is 3.24. The van der Waals surface area contributed by atoms with Crippen molar-refractivity contribution in [2.24, 2.45) is 11.1 Å². The van der Waals surface area contributed by atoms with Gasteiger partial charge in [-0.2, -0.15) is 5.10 Å². The highest BCUT2D eigenvalue weighted by Crippen LogP contribution is 2.44. The summed E-state index contributed by atoms with van der Waals surface area (Å²) >= 11 is 0. The van der Waals surface area contributed by atoms with Crippen molar-refractivity contribution in [3.8, 4) is 0 Å². The third-order valence-corrected chi connectivity index (χ3v) is 9.83. The molecule has 3 N–H and O–H groups in total. The van der Waals surface area contributed by atoms with E-state index in [4.69, 9.17) is 5.73 Å². The molecule has 1 spiro atoms. The molecule has 4 saturated heterocycles. The molecule has 1 aromatic heterocycles. The van der Waals surface area contributed by atoms with E-state index in [1.165, 1.54) is 0 Å². The molecule has 13 nitrogen and oxygen atoms in total. The van der Waals surface area contributed by atoms with E-state index in [0.717, 1.165) is 81.1 Å². The molecule has 5 aliphatic rings. The fourth-order valence-corrected chi connectivity index (χ4v) is 7.52. The lowest BCUT2D eigenvalue weighted by molar-refractivity contribution is -0.136. The monoisotopic (exact) mass is 586 g/mol. The molecular formula is C30H34N8O5. The first-order valence-corrected chi connectivity index (χ1v) is 15.0. The molecule has 1 aromatic carbocycles. The Bertz CT molecular complexity index is 1530. The molecule has 4 fully saturated rings. The van der Waals surface area contributed by atoms with Gasteiger partial charge in [0, 0.05) is 50.2 Å². The van der Waals surface area contributed by atoms with Crippen molar-refractivity contribution in [3.63, 3.8) is 0 Å². The number of anilines is 2. The van der Waals surface area contributed by atoms with Gasteiger partial charge in [-0.05, 0) is 62.8 Å². The number of amides is 5. The van der Waals surface area contributed by atoms with Gasteiger partial charge in [-0.3, -0.25) is 39.1 Å². The van der Waals surface area contributed by atoms with Gasteiger partial charge in [0.15, 0.2) is 5.69 Å². The number of nitrogens with two attached hydrogens (primary N) is 1. The summed E-state index contributed by atoms with van der Waals surface area (Å²) in [5.41, 5.74) is 8.25. The van der Waals surface area contributed by atoms with Gasteiger partial charge in [0.1, 0.15) is 6.04 Å². The zero-order valence-electron chi connectivity index (χ0n) is 23.8.